The highest BCUT2D eigenvalue weighted by Gasteiger charge is 2.30. The lowest BCUT2D eigenvalue weighted by atomic mass is 10.1. The predicted octanol–water partition coefficient (Wildman–Crippen LogP) is 1.52. The number of carbonyl (C=O) groups is 2. The Morgan fingerprint density at radius 3 is 2.32 bits per heavy atom. The molecule has 0 radical (unpaired) electrons. The van der Waals surface area contributed by atoms with Gasteiger partial charge in [-0.1, -0.05) is 36.4 Å². The van der Waals surface area contributed by atoms with E-state index >= 15 is 0 Å². The van der Waals surface area contributed by atoms with Gasteiger partial charge < -0.3 is 10.2 Å². The van der Waals surface area contributed by atoms with E-state index in [2.05, 4.69) is 5.32 Å². The van der Waals surface area contributed by atoms with Crippen LogP contribution in [0.1, 0.15) is 12.5 Å². The smallest absolute Gasteiger partial charge is 0.271 e. The predicted molar refractivity (Wildman–Crippen MR) is 116 cm³/mol. The molecule has 2 amide bonds. The van der Waals surface area contributed by atoms with Crippen molar-refractivity contribution in [3.05, 3.63) is 70.3 Å². The fourth-order valence-corrected chi connectivity index (χ4v) is 3.79. The zero-order valence-electron chi connectivity index (χ0n) is 17.4. The summed E-state index contributed by atoms with van der Waals surface area (Å²) < 4.78 is 25.6. The van der Waals surface area contributed by atoms with Gasteiger partial charge in [0.25, 0.3) is 5.69 Å². The van der Waals surface area contributed by atoms with Gasteiger partial charge in [-0.25, -0.2) is 8.42 Å². The number of nitrogens with zero attached hydrogens (tertiary/aromatic N) is 3. The minimum Gasteiger partial charge on any atom is -0.357 e. The first-order valence-electron chi connectivity index (χ1n) is 9.31. The van der Waals surface area contributed by atoms with Crippen molar-refractivity contribution in [3.8, 4) is 0 Å². The number of hydrogen-bond acceptors (Lipinski definition) is 6. The average molecular weight is 449 g/mol. The molecule has 0 spiro atoms. The third-order valence-electron chi connectivity index (χ3n) is 4.62. The Morgan fingerprint density at radius 2 is 1.77 bits per heavy atom. The largest absolute Gasteiger partial charge is 0.357 e. The molecule has 0 heterocycles. The number of non-ortho nitro benzene ring substituents is 1. The van der Waals surface area contributed by atoms with E-state index in [1.807, 2.05) is 6.07 Å². The average Bonchev–Trinajstić information content (AvgIpc) is 2.74. The third-order valence-corrected chi connectivity index (χ3v) is 5.76. The molecule has 0 aromatic heterocycles. The molecule has 1 N–H and O–H groups in total. The maximum absolute atomic E-state index is 13.2. The van der Waals surface area contributed by atoms with E-state index in [9.17, 15) is 28.1 Å². The molecule has 0 aliphatic carbocycles. The zero-order chi connectivity index (χ0) is 23.2. The Bertz CT molecular complexity index is 1060. The van der Waals surface area contributed by atoms with Crippen molar-refractivity contribution >= 4 is 33.2 Å². The molecule has 0 bridgehead atoms. The second-order valence-corrected chi connectivity index (χ2v) is 8.75. The molecule has 0 saturated carbocycles. The second kappa shape index (κ2) is 10.0. The lowest BCUT2D eigenvalue weighted by Gasteiger charge is -2.31. The van der Waals surface area contributed by atoms with Crippen LogP contribution in [-0.2, 0) is 26.2 Å². The third kappa shape index (κ3) is 6.25. The van der Waals surface area contributed by atoms with Gasteiger partial charge >= 0.3 is 0 Å². The highest BCUT2D eigenvalue weighted by atomic mass is 32.2. The van der Waals surface area contributed by atoms with Gasteiger partial charge in [0.2, 0.25) is 21.8 Å². The van der Waals surface area contributed by atoms with Gasteiger partial charge in [0.15, 0.2) is 0 Å². The molecule has 0 aliphatic heterocycles. The number of anilines is 1. The maximum atomic E-state index is 13.2. The SMILES string of the molecule is CNC(=O)[C@H](C)N(Cc1ccccc1)C(=O)CN(c1cccc([N+](=O)[O-])c1)S(C)(=O)=O. The van der Waals surface area contributed by atoms with Crippen molar-refractivity contribution in [2.45, 2.75) is 19.5 Å². The van der Waals surface area contributed by atoms with Crippen molar-refractivity contribution in [3.63, 3.8) is 0 Å². The van der Waals surface area contributed by atoms with Gasteiger partial charge in [-0.05, 0) is 18.6 Å². The molecule has 0 fully saturated rings. The van der Waals surface area contributed by atoms with E-state index in [0.29, 0.717) is 0 Å². The van der Waals surface area contributed by atoms with Crippen LogP contribution in [0.4, 0.5) is 11.4 Å². The van der Waals surface area contributed by atoms with E-state index in [4.69, 9.17) is 0 Å². The van der Waals surface area contributed by atoms with Gasteiger partial charge in [-0.15, -0.1) is 0 Å². The molecule has 0 unspecified atom stereocenters. The first-order chi connectivity index (χ1) is 14.5. The molecule has 166 valence electrons. The van der Waals surface area contributed by atoms with Crippen molar-refractivity contribution < 1.29 is 22.9 Å². The number of nitro groups is 1. The lowest BCUT2D eigenvalue weighted by Crippen LogP contribution is -2.50. The van der Waals surface area contributed by atoms with Gasteiger partial charge in [-0.2, -0.15) is 0 Å². The normalized spacial score (nSPS) is 12.0. The van der Waals surface area contributed by atoms with Crippen LogP contribution in [0.2, 0.25) is 0 Å². The molecule has 31 heavy (non-hydrogen) atoms. The van der Waals surface area contributed by atoms with Crippen LogP contribution in [0, 0.1) is 10.1 Å². The number of hydrogen-bond donors (Lipinski definition) is 1. The van der Waals surface area contributed by atoms with Crippen LogP contribution in [0.3, 0.4) is 0 Å². The van der Waals surface area contributed by atoms with Gasteiger partial charge in [0, 0.05) is 25.7 Å². The molecule has 10 nitrogen and oxygen atoms in total. The van der Waals surface area contributed by atoms with Crippen LogP contribution in [0.5, 0.6) is 0 Å². The number of sulfonamides is 1. The van der Waals surface area contributed by atoms with Crippen molar-refractivity contribution in [2.24, 2.45) is 0 Å². The lowest BCUT2D eigenvalue weighted by molar-refractivity contribution is -0.384. The molecule has 0 saturated heterocycles. The molecular weight excluding hydrogens is 424 g/mol. The summed E-state index contributed by atoms with van der Waals surface area (Å²) in [5.41, 5.74) is 0.434. The first kappa shape index (κ1) is 23.8. The number of rotatable bonds is 9. The Kier molecular flexibility index (Phi) is 7.70. The Morgan fingerprint density at radius 1 is 1.13 bits per heavy atom. The summed E-state index contributed by atoms with van der Waals surface area (Å²) in [4.78, 5) is 37.1. The molecule has 11 heteroatoms. The van der Waals surface area contributed by atoms with E-state index in [-0.39, 0.29) is 17.9 Å². The van der Waals surface area contributed by atoms with Crippen LogP contribution >= 0.6 is 0 Å². The summed E-state index contributed by atoms with van der Waals surface area (Å²) in [7, 11) is -2.51. The Hall–Kier alpha value is -3.47. The summed E-state index contributed by atoms with van der Waals surface area (Å²) >= 11 is 0. The number of likely N-dealkylation sites (N-methyl/N-ethyl adjacent to an activating group) is 1. The number of amides is 2. The van der Waals surface area contributed by atoms with E-state index in [0.717, 1.165) is 22.2 Å². The number of benzene rings is 2. The van der Waals surface area contributed by atoms with E-state index < -0.39 is 39.3 Å². The standard InChI is InChI=1S/C20H24N4O6S/c1-15(20(26)21-2)22(13-16-8-5-4-6-9-16)19(25)14-23(31(3,29)30)17-10-7-11-18(12-17)24(27)28/h4-12,15H,13-14H2,1-3H3,(H,21,26)/t15-/m0/s1. The fraction of sp³-hybridized carbons (Fsp3) is 0.300. The Labute approximate surface area is 180 Å². The Balaban J connectivity index is 2.40. The number of nitrogens with one attached hydrogen (secondary N) is 1. The minimum atomic E-state index is -3.95. The molecule has 2 aromatic rings. The number of carbonyl (C=O) groups excluding carboxylic acids is 2. The molecule has 0 aliphatic rings. The van der Waals surface area contributed by atoms with Crippen LogP contribution in [-0.4, -0.2) is 55.9 Å². The van der Waals surface area contributed by atoms with Crippen LogP contribution in [0.25, 0.3) is 0 Å². The van der Waals surface area contributed by atoms with Gasteiger partial charge in [-0.3, -0.25) is 24.0 Å². The minimum absolute atomic E-state index is 0.0164. The highest BCUT2D eigenvalue weighted by molar-refractivity contribution is 7.92. The monoisotopic (exact) mass is 448 g/mol. The topological polar surface area (TPSA) is 130 Å². The summed E-state index contributed by atoms with van der Waals surface area (Å²) in [6.45, 7) is 1.01. The highest BCUT2D eigenvalue weighted by Crippen LogP contribution is 2.23. The quantitative estimate of drug-likeness (QED) is 0.457. The summed E-state index contributed by atoms with van der Waals surface area (Å²) in [6.07, 6.45) is 0.906. The summed E-state index contributed by atoms with van der Waals surface area (Å²) in [6, 6.07) is 13.1. The summed E-state index contributed by atoms with van der Waals surface area (Å²) in [5, 5.41) is 13.6. The fourth-order valence-electron chi connectivity index (χ4n) is 2.95. The van der Waals surface area contributed by atoms with Crippen LogP contribution in [0.15, 0.2) is 54.6 Å². The first-order valence-corrected chi connectivity index (χ1v) is 11.2. The van der Waals surface area contributed by atoms with Crippen molar-refractivity contribution in [1.29, 1.82) is 0 Å². The van der Waals surface area contributed by atoms with E-state index in [1.165, 1.54) is 37.1 Å². The molecular formula is C20H24N4O6S. The zero-order valence-corrected chi connectivity index (χ0v) is 18.2. The number of nitro benzene ring substituents is 1. The van der Waals surface area contributed by atoms with Crippen molar-refractivity contribution in [2.75, 3.05) is 24.2 Å². The summed E-state index contributed by atoms with van der Waals surface area (Å²) in [5.74, 6) is -1.04. The van der Waals surface area contributed by atoms with Crippen LogP contribution < -0.4 is 9.62 Å². The molecule has 2 rings (SSSR count). The van der Waals surface area contributed by atoms with Crippen molar-refractivity contribution in [1.82, 2.24) is 10.2 Å². The van der Waals surface area contributed by atoms with E-state index in [1.54, 1.807) is 24.3 Å². The van der Waals surface area contributed by atoms with Gasteiger partial charge in [0.1, 0.15) is 12.6 Å². The second-order valence-electron chi connectivity index (χ2n) is 6.84. The molecule has 2 aromatic carbocycles. The van der Waals surface area contributed by atoms with Gasteiger partial charge in [0.05, 0.1) is 16.9 Å². The maximum Gasteiger partial charge on any atom is 0.271 e. The molecule has 1 atom stereocenters.